The Labute approximate surface area is 81.7 Å². The van der Waals surface area contributed by atoms with E-state index in [9.17, 15) is 12.8 Å². The Balaban J connectivity index is 3.26. The van der Waals surface area contributed by atoms with Crippen LogP contribution in [0.3, 0.4) is 0 Å². The summed E-state index contributed by atoms with van der Waals surface area (Å²) in [5.41, 5.74) is 0. The predicted octanol–water partition coefficient (Wildman–Crippen LogP) is 1.51. The van der Waals surface area contributed by atoms with Gasteiger partial charge in [-0.15, -0.1) is 0 Å². The fourth-order valence-electron chi connectivity index (χ4n) is 0.917. The number of rotatable bonds is 2. The molecule has 0 bridgehead atoms. The fourth-order valence-corrected chi connectivity index (χ4v) is 2.01. The van der Waals surface area contributed by atoms with Gasteiger partial charge in [0.1, 0.15) is 11.1 Å². The molecule has 0 heterocycles. The van der Waals surface area contributed by atoms with Crippen molar-refractivity contribution < 1.29 is 12.8 Å². The molecule has 1 aromatic rings. The van der Waals surface area contributed by atoms with E-state index in [1.165, 1.54) is 19.1 Å². The lowest BCUT2D eigenvalue weighted by Crippen LogP contribution is -2.15. The van der Waals surface area contributed by atoms with Gasteiger partial charge in [0.2, 0.25) is 0 Å². The molecule has 0 radical (unpaired) electrons. The molecule has 0 aromatic heterocycles. The largest absolute Gasteiger partial charge is 0.222 e. The number of nitrogens with zero attached hydrogens (tertiary/aromatic N) is 1. The van der Waals surface area contributed by atoms with Crippen molar-refractivity contribution in [2.75, 3.05) is 0 Å². The van der Waals surface area contributed by atoms with Crippen LogP contribution in [0.5, 0.6) is 0 Å². The fraction of sp³-hybridized carbons (Fsp3) is 0.222. The number of hydrogen-bond acceptors (Lipinski definition) is 3. The van der Waals surface area contributed by atoms with Crippen molar-refractivity contribution in [1.29, 1.82) is 5.26 Å². The lowest BCUT2D eigenvalue weighted by molar-refractivity contribution is 0.587. The van der Waals surface area contributed by atoms with Gasteiger partial charge in [0.05, 0.1) is 11.0 Å². The van der Waals surface area contributed by atoms with Gasteiger partial charge in [-0.1, -0.05) is 6.07 Å². The highest BCUT2D eigenvalue weighted by molar-refractivity contribution is 7.92. The molecule has 0 saturated carbocycles. The van der Waals surface area contributed by atoms with Crippen LogP contribution in [0.2, 0.25) is 0 Å². The van der Waals surface area contributed by atoms with Gasteiger partial charge in [-0.3, -0.25) is 0 Å². The molecule has 0 aliphatic carbocycles. The molecule has 74 valence electrons. The summed E-state index contributed by atoms with van der Waals surface area (Å²) in [5.74, 6) is -0.629. The number of nitriles is 1. The van der Waals surface area contributed by atoms with Gasteiger partial charge in [0.25, 0.3) is 0 Å². The summed E-state index contributed by atoms with van der Waals surface area (Å²) in [5, 5.41) is 7.32. The monoisotopic (exact) mass is 213 g/mol. The molecule has 1 aromatic carbocycles. The molecule has 0 N–H and O–H groups in total. The predicted molar refractivity (Wildman–Crippen MR) is 48.7 cm³/mol. The number of hydrogen-bond donors (Lipinski definition) is 0. The number of benzene rings is 1. The summed E-state index contributed by atoms with van der Waals surface area (Å²) in [7, 11) is -3.71. The third-order valence-electron chi connectivity index (χ3n) is 1.77. The van der Waals surface area contributed by atoms with Crippen LogP contribution in [0, 0.1) is 17.1 Å². The Morgan fingerprint density at radius 3 is 2.64 bits per heavy atom. The van der Waals surface area contributed by atoms with Crippen LogP contribution in [0.1, 0.15) is 6.92 Å². The van der Waals surface area contributed by atoms with Crippen LogP contribution >= 0.6 is 0 Å². The van der Waals surface area contributed by atoms with Crippen molar-refractivity contribution >= 4 is 9.84 Å². The van der Waals surface area contributed by atoms with Gasteiger partial charge in [-0.05, 0) is 25.1 Å². The topological polar surface area (TPSA) is 57.9 Å². The van der Waals surface area contributed by atoms with Gasteiger partial charge in [-0.2, -0.15) is 5.26 Å². The molecular formula is C9H8FNO2S. The van der Waals surface area contributed by atoms with E-state index in [4.69, 9.17) is 5.26 Å². The van der Waals surface area contributed by atoms with Gasteiger partial charge < -0.3 is 0 Å². The van der Waals surface area contributed by atoms with E-state index in [1.54, 1.807) is 6.07 Å². The molecule has 0 fully saturated rings. The summed E-state index contributed by atoms with van der Waals surface area (Å²) in [4.78, 5) is -0.161. The minimum absolute atomic E-state index is 0.161. The maximum atomic E-state index is 12.7. The molecule has 1 rings (SSSR count). The highest BCUT2D eigenvalue weighted by Gasteiger charge is 2.22. The van der Waals surface area contributed by atoms with Crippen LogP contribution in [0.15, 0.2) is 29.2 Å². The molecule has 3 nitrogen and oxygen atoms in total. The average molecular weight is 213 g/mol. The van der Waals surface area contributed by atoms with E-state index < -0.39 is 20.9 Å². The minimum Gasteiger partial charge on any atom is -0.222 e. The lowest BCUT2D eigenvalue weighted by atomic mass is 10.3. The summed E-state index contributed by atoms with van der Waals surface area (Å²) < 4.78 is 35.8. The lowest BCUT2D eigenvalue weighted by Gasteiger charge is -2.04. The van der Waals surface area contributed by atoms with E-state index in [0.717, 1.165) is 12.1 Å². The van der Waals surface area contributed by atoms with Crippen LogP contribution in [0.4, 0.5) is 4.39 Å². The standard InChI is InChI=1S/C9H8FNO2S/c1-7(6-11)14(12,13)9-4-2-3-8(10)5-9/h2-5,7H,1H3. The van der Waals surface area contributed by atoms with Gasteiger partial charge in [0, 0.05) is 0 Å². The first-order chi connectivity index (χ1) is 6.48. The van der Waals surface area contributed by atoms with Gasteiger partial charge in [-0.25, -0.2) is 12.8 Å². The quantitative estimate of drug-likeness (QED) is 0.748. The van der Waals surface area contributed by atoms with Crippen molar-refractivity contribution in [2.45, 2.75) is 17.1 Å². The molecular weight excluding hydrogens is 205 g/mol. The summed E-state index contributed by atoms with van der Waals surface area (Å²) >= 11 is 0. The van der Waals surface area contributed by atoms with Gasteiger partial charge in [0.15, 0.2) is 9.84 Å². The zero-order valence-corrected chi connectivity index (χ0v) is 8.25. The first-order valence-electron chi connectivity index (χ1n) is 3.87. The van der Waals surface area contributed by atoms with Crippen molar-refractivity contribution in [3.8, 4) is 6.07 Å². The van der Waals surface area contributed by atoms with Gasteiger partial charge >= 0.3 is 0 Å². The second-order valence-electron chi connectivity index (χ2n) is 2.77. The van der Waals surface area contributed by atoms with E-state index in [0.29, 0.717) is 0 Å². The molecule has 0 saturated heterocycles. The summed E-state index contributed by atoms with van der Waals surface area (Å²) in [6.07, 6.45) is 0. The van der Waals surface area contributed by atoms with Crippen LogP contribution in [-0.4, -0.2) is 13.7 Å². The maximum absolute atomic E-state index is 12.7. The van der Waals surface area contributed by atoms with Crippen molar-refractivity contribution in [2.24, 2.45) is 0 Å². The first-order valence-corrected chi connectivity index (χ1v) is 5.42. The minimum atomic E-state index is -3.71. The van der Waals surface area contributed by atoms with E-state index in [-0.39, 0.29) is 4.90 Å². The van der Waals surface area contributed by atoms with Crippen molar-refractivity contribution in [3.63, 3.8) is 0 Å². The summed E-state index contributed by atoms with van der Waals surface area (Å²) in [6, 6.07) is 6.24. The Bertz CT molecular complexity index is 476. The molecule has 0 aliphatic heterocycles. The molecule has 14 heavy (non-hydrogen) atoms. The molecule has 5 heteroatoms. The normalized spacial score (nSPS) is 13.2. The number of halogens is 1. The second-order valence-corrected chi connectivity index (χ2v) is 5.04. The molecule has 1 atom stereocenters. The molecule has 1 unspecified atom stereocenters. The average Bonchev–Trinajstić information content (AvgIpc) is 2.16. The Morgan fingerprint density at radius 1 is 1.50 bits per heavy atom. The van der Waals surface area contributed by atoms with Crippen molar-refractivity contribution in [3.05, 3.63) is 30.1 Å². The Hall–Kier alpha value is -1.41. The zero-order chi connectivity index (χ0) is 10.8. The van der Waals surface area contributed by atoms with Crippen LogP contribution in [-0.2, 0) is 9.84 Å². The third kappa shape index (κ3) is 1.91. The Morgan fingerprint density at radius 2 is 2.14 bits per heavy atom. The van der Waals surface area contributed by atoms with E-state index >= 15 is 0 Å². The first kappa shape index (κ1) is 10.7. The second kappa shape index (κ2) is 3.76. The van der Waals surface area contributed by atoms with Crippen LogP contribution in [0.25, 0.3) is 0 Å². The number of sulfone groups is 1. The van der Waals surface area contributed by atoms with E-state index in [2.05, 4.69) is 0 Å². The Kier molecular flexibility index (Phi) is 2.87. The molecule has 0 spiro atoms. The maximum Gasteiger partial charge on any atom is 0.194 e. The smallest absolute Gasteiger partial charge is 0.194 e. The highest BCUT2D eigenvalue weighted by Crippen LogP contribution is 2.16. The summed E-state index contributed by atoms with van der Waals surface area (Å²) in [6.45, 7) is 1.26. The molecule has 0 amide bonds. The third-order valence-corrected chi connectivity index (χ3v) is 3.72. The van der Waals surface area contributed by atoms with Crippen LogP contribution < -0.4 is 0 Å². The highest BCUT2D eigenvalue weighted by atomic mass is 32.2. The van der Waals surface area contributed by atoms with E-state index in [1.807, 2.05) is 0 Å². The SMILES string of the molecule is CC(C#N)S(=O)(=O)c1cccc(F)c1. The van der Waals surface area contributed by atoms with Crippen molar-refractivity contribution in [1.82, 2.24) is 0 Å². The molecule has 0 aliphatic rings. The zero-order valence-electron chi connectivity index (χ0n) is 7.44.